The van der Waals surface area contributed by atoms with Crippen LogP contribution in [0, 0.1) is 5.82 Å². The van der Waals surface area contributed by atoms with E-state index < -0.39 is 5.25 Å². The van der Waals surface area contributed by atoms with E-state index in [2.05, 4.69) is 15.5 Å². The fourth-order valence-corrected chi connectivity index (χ4v) is 4.65. The van der Waals surface area contributed by atoms with Crippen molar-refractivity contribution >= 4 is 29.3 Å². The Morgan fingerprint density at radius 2 is 1.70 bits per heavy atom. The van der Waals surface area contributed by atoms with Crippen LogP contribution in [-0.4, -0.2) is 26.7 Å². The van der Waals surface area contributed by atoms with Crippen LogP contribution >= 0.6 is 23.4 Å². The zero-order valence-electron chi connectivity index (χ0n) is 17.5. The van der Waals surface area contributed by atoms with Gasteiger partial charge in [-0.25, -0.2) is 4.39 Å². The van der Waals surface area contributed by atoms with Crippen molar-refractivity contribution in [1.29, 1.82) is 0 Å². The summed E-state index contributed by atoms with van der Waals surface area (Å²) in [5.74, 6) is 0.174. The van der Waals surface area contributed by atoms with Crippen molar-refractivity contribution in [3.8, 4) is 17.1 Å². The minimum absolute atomic E-state index is 0.121. The minimum Gasteiger partial charge on any atom is -0.352 e. The molecule has 1 amide bonds. The van der Waals surface area contributed by atoms with Gasteiger partial charge in [-0.3, -0.25) is 9.36 Å². The topological polar surface area (TPSA) is 59.8 Å². The highest BCUT2D eigenvalue weighted by atomic mass is 35.5. The lowest BCUT2D eigenvalue weighted by atomic mass is 10.1. The Morgan fingerprint density at radius 1 is 1.00 bits per heavy atom. The van der Waals surface area contributed by atoms with E-state index in [1.165, 1.54) is 23.9 Å². The van der Waals surface area contributed by atoms with Gasteiger partial charge in [0.05, 0.1) is 0 Å². The zero-order chi connectivity index (χ0) is 22.8. The molecule has 1 saturated carbocycles. The molecule has 1 atom stereocenters. The maximum Gasteiger partial charge on any atom is 0.238 e. The monoisotopic (exact) mass is 478 g/mol. The summed E-state index contributed by atoms with van der Waals surface area (Å²) in [4.78, 5) is 13.1. The third kappa shape index (κ3) is 4.94. The summed E-state index contributed by atoms with van der Waals surface area (Å²) in [7, 11) is 0. The van der Waals surface area contributed by atoms with Gasteiger partial charge in [-0.2, -0.15) is 0 Å². The fraction of sp³-hybridized carbons (Fsp3) is 0.160. The lowest BCUT2D eigenvalue weighted by Gasteiger charge is -2.17. The first kappa shape index (κ1) is 21.7. The minimum atomic E-state index is -0.601. The molecule has 0 bridgehead atoms. The second-order valence-corrected chi connectivity index (χ2v) is 9.33. The molecule has 0 spiro atoms. The molecule has 0 saturated heterocycles. The van der Waals surface area contributed by atoms with Gasteiger partial charge >= 0.3 is 0 Å². The van der Waals surface area contributed by atoms with Gasteiger partial charge < -0.3 is 5.32 Å². The van der Waals surface area contributed by atoms with Crippen molar-refractivity contribution in [3.63, 3.8) is 0 Å². The molecule has 3 aromatic carbocycles. The molecule has 0 aliphatic heterocycles. The number of amides is 1. The molecule has 1 aliphatic carbocycles. The standard InChI is InChI=1S/C25H20ClFN4OS/c26-18-10-6-17(7-11-18)23-29-30-25(31(23)21-4-2-1-3-5-21)33-22(24(32)28-20-14-15-20)16-8-12-19(27)13-9-16/h1-13,20,22H,14-15H2,(H,28,32). The molecule has 8 heteroatoms. The maximum absolute atomic E-state index is 13.6. The Hall–Kier alpha value is -3.16. The van der Waals surface area contributed by atoms with E-state index in [-0.39, 0.29) is 17.8 Å². The number of benzene rings is 3. The highest BCUT2D eigenvalue weighted by Crippen LogP contribution is 2.38. The van der Waals surface area contributed by atoms with Gasteiger partial charge in [-0.1, -0.05) is 53.7 Å². The largest absolute Gasteiger partial charge is 0.352 e. The van der Waals surface area contributed by atoms with Gasteiger partial charge in [0.2, 0.25) is 5.91 Å². The van der Waals surface area contributed by atoms with Gasteiger partial charge in [-0.05, 0) is 66.9 Å². The third-order valence-electron chi connectivity index (χ3n) is 5.31. The number of carbonyl (C=O) groups is 1. The lowest BCUT2D eigenvalue weighted by molar-refractivity contribution is -0.120. The highest BCUT2D eigenvalue weighted by molar-refractivity contribution is 8.00. The van der Waals surface area contributed by atoms with E-state index in [0.29, 0.717) is 21.6 Å². The van der Waals surface area contributed by atoms with Crippen LogP contribution in [0.4, 0.5) is 4.39 Å². The normalized spacial score (nSPS) is 14.1. The summed E-state index contributed by atoms with van der Waals surface area (Å²) in [5.41, 5.74) is 2.42. The van der Waals surface area contributed by atoms with E-state index in [9.17, 15) is 9.18 Å². The van der Waals surface area contributed by atoms with Crippen molar-refractivity contribution < 1.29 is 9.18 Å². The van der Waals surface area contributed by atoms with E-state index in [1.807, 2.05) is 47.0 Å². The van der Waals surface area contributed by atoms with Gasteiger partial charge in [-0.15, -0.1) is 10.2 Å². The number of carbonyl (C=O) groups excluding carboxylic acids is 1. The number of hydrogen-bond donors (Lipinski definition) is 1. The molecule has 1 unspecified atom stereocenters. The molecular formula is C25H20ClFN4OS. The molecule has 1 heterocycles. The number of halogens is 2. The van der Waals surface area contributed by atoms with Crippen molar-refractivity contribution in [2.45, 2.75) is 29.3 Å². The molecule has 1 fully saturated rings. The number of rotatable bonds is 7. The SMILES string of the molecule is O=C(NC1CC1)C(Sc1nnc(-c2ccc(Cl)cc2)n1-c1ccccc1)c1ccc(F)cc1. The summed E-state index contributed by atoms with van der Waals surface area (Å²) in [6.45, 7) is 0. The smallest absolute Gasteiger partial charge is 0.238 e. The Balaban J connectivity index is 1.57. The van der Waals surface area contributed by atoms with Crippen molar-refractivity contribution in [2.75, 3.05) is 0 Å². The summed E-state index contributed by atoms with van der Waals surface area (Å²) < 4.78 is 15.5. The van der Waals surface area contributed by atoms with Crippen LogP contribution in [0.15, 0.2) is 84.0 Å². The predicted octanol–water partition coefficient (Wildman–Crippen LogP) is 5.84. The third-order valence-corrected chi connectivity index (χ3v) is 6.76. The Bertz CT molecular complexity index is 1260. The average Bonchev–Trinajstić information content (AvgIpc) is 3.55. The maximum atomic E-state index is 13.6. The van der Waals surface area contributed by atoms with Crippen molar-refractivity contribution in [2.24, 2.45) is 0 Å². The molecule has 1 aliphatic rings. The predicted molar refractivity (Wildman–Crippen MR) is 128 cm³/mol. The molecule has 1 aromatic heterocycles. The lowest BCUT2D eigenvalue weighted by Crippen LogP contribution is -2.30. The van der Waals surface area contributed by atoms with Crippen LogP contribution in [0.1, 0.15) is 23.7 Å². The summed E-state index contributed by atoms with van der Waals surface area (Å²) in [5, 5.41) is 12.5. The second-order valence-electron chi connectivity index (χ2n) is 7.82. The first-order valence-corrected chi connectivity index (χ1v) is 11.8. The molecule has 33 heavy (non-hydrogen) atoms. The molecule has 5 nitrogen and oxygen atoms in total. The van der Waals surface area contributed by atoms with Crippen molar-refractivity contribution in [1.82, 2.24) is 20.1 Å². The van der Waals surface area contributed by atoms with E-state index >= 15 is 0 Å². The number of para-hydroxylation sites is 1. The number of hydrogen-bond acceptors (Lipinski definition) is 4. The number of aromatic nitrogens is 3. The van der Waals surface area contributed by atoms with Crippen LogP contribution in [0.25, 0.3) is 17.1 Å². The average molecular weight is 479 g/mol. The Kier molecular flexibility index (Phi) is 6.15. The van der Waals surface area contributed by atoms with Crippen LogP contribution in [-0.2, 0) is 4.79 Å². The van der Waals surface area contributed by atoms with Gasteiger partial charge in [0.25, 0.3) is 0 Å². The van der Waals surface area contributed by atoms with Gasteiger partial charge in [0.15, 0.2) is 11.0 Å². The van der Waals surface area contributed by atoms with E-state index in [0.717, 1.165) is 24.1 Å². The number of nitrogens with zero attached hydrogens (tertiary/aromatic N) is 3. The molecular weight excluding hydrogens is 459 g/mol. The zero-order valence-corrected chi connectivity index (χ0v) is 19.1. The summed E-state index contributed by atoms with van der Waals surface area (Å²) in [6, 6.07) is 23.3. The second kappa shape index (κ2) is 9.37. The van der Waals surface area contributed by atoms with Crippen LogP contribution in [0.5, 0.6) is 0 Å². The van der Waals surface area contributed by atoms with Crippen LogP contribution < -0.4 is 5.32 Å². The first-order valence-electron chi connectivity index (χ1n) is 10.6. The van der Waals surface area contributed by atoms with Gasteiger partial charge in [0.1, 0.15) is 11.1 Å². The van der Waals surface area contributed by atoms with E-state index in [4.69, 9.17) is 11.6 Å². The summed E-state index contributed by atoms with van der Waals surface area (Å²) >= 11 is 7.37. The quantitative estimate of drug-likeness (QED) is 0.339. The fourth-order valence-electron chi connectivity index (χ4n) is 3.46. The Morgan fingerprint density at radius 3 is 2.36 bits per heavy atom. The number of thioether (sulfide) groups is 1. The Labute approximate surface area is 200 Å². The van der Waals surface area contributed by atoms with E-state index in [1.54, 1.807) is 24.3 Å². The summed E-state index contributed by atoms with van der Waals surface area (Å²) in [6.07, 6.45) is 1.96. The number of nitrogens with one attached hydrogen (secondary N) is 1. The van der Waals surface area contributed by atoms with Crippen LogP contribution in [0.3, 0.4) is 0 Å². The molecule has 5 rings (SSSR count). The molecule has 0 radical (unpaired) electrons. The van der Waals surface area contributed by atoms with Crippen LogP contribution in [0.2, 0.25) is 5.02 Å². The first-order chi connectivity index (χ1) is 16.1. The molecule has 166 valence electrons. The molecule has 4 aromatic rings. The van der Waals surface area contributed by atoms with Crippen molar-refractivity contribution in [3.05, 3.63) is 95.3 Å². The van der Waals surface area contributed by atoms with Gasteiger partial charge in [0, 0.05) is 22.3 Å². The highest BCUT2D eigenvalue weighted by Gasteiger charge is 2.31. The molecule has 1 N–H and O–H groups in total.